The van der Waals surface area contributed by atoms with Crippen LogP contribution in [0.25, 0.3) is 0 Å². The van der Waals surface area contributed by atoms with Crippen LogP contribution in [-0.4, -0.2) is 12.6 Å². The summed E-state index contributed by atoms with van der Waals surface area (Å²) >= 11 is 3.26. The van der Waals surface area contributed by atoms with Gasteiger partial charge in [0.05, 0.1) is 4.47 Å². The van der Waals surface area contributed by atoms with Gasteiger partial charge in [-0.05, 0) is 71.1 Å². The van der Waals surface area contributed by atoms with Crippen molar-refractivity contribution >= 4 is 15.9 Å². The first-order valence-corrected chi connectivity index (χ1v) is 8.11. The molecule has 2 aromatic carbocycles. The van der Waals surface area contributed by atoms with Crippen molar-refractivity contribution in [3.05, 3.63) is 69.4 Å². The lowest BCUT2D eigenvalue weighted by Crippen LogP contribution is -2.33. The van der Waals surface area contributed by atoms with E-state index in [1.54, 1.807) is 0 Å². The van der Waals surface area contributed by atoms with Gasteiger partial charge in [-0.15, -0.1) is 0 Å². The average Bonchev–Trinajstić information content (AvgIpc) is 2.46. The van der Waals surface area contributed by atoms with E-state index >= 15 is 0 Å². The van der Waals surface area contributed by atoms with Crippen molar-refractivity contribution in [2.75, 3.05) is 6.54 Å². The lowest BCUT2D eigenvalue weighted by atomic mass is 9.96. The van der Waals surface area contributed by atoms with Crippen LogP contribution in [0.2, 0.25) is 0 Å². The van der Waals surface area contributed by atoms with E-state index in [0.29, 0.717) is 10.5 Å². The highest BCUT2D eigenvalue weighted by molar-refractivity contribution is 9.10. The number of halogens is 2. The Morgan fingerprint density at radius 1 is 1.14 bits per heavy atom. The van der Waals surface area contributed by atoms with Gasteiger partial charge in [0.15, 0.2) is 0 Å². The van der Waals surface area contributed by atoms with Gasteiger partial charge in [0.2, 0.25) is 0 Å². The lowest BCUT2D eigenvalue weighted by molar-refractivity contribution is 0.519. The van der Waals surface area contributed by atoms with Gasteiger partial charge in [-0.3, -0.25) is 0 Å². The normalized spacial score (nSPS) is 12.4. The highest BCUT2D eigenvalue weighted by Crippen LogP contribution is 2.19. The molecule has 112 valence electrons. The molecule has 0 radical (unpaired) electrons. The summed E-state index contributed by atoms with van der Waals surface area (Å²) in [7, 11) is 0. The molecule has 0 bridgehead atoms. The molecule has 1 atom stereocenters. The van der Waals surface area contributed by atoms with Crippen molar-refractivity contribution in [1.82, 2.24) is 5.32 Å². The molecule has 0 aliphatic heterocycles. The molecule has 2 rings (SSSR count). The summed E-state index contributed by atoms with van der Waals surface area (Å²) in [6.07, 6.45) is 1.87. The number of hydrogen-bond acceptors (Lipinski definition) is 1. The molecule has 0 aliphatic carbocycles. The molecule has 0 fully saturated rings. The summed E-state index contributed by atoms with van der Waals surface area (Å²) in [5.41, 5.74) is 3.83. The summed E-state index contributed by atoms with van der Waals surface area (Å²) in [5, 5.41) is 3.53. The van der Waals surface area contributed by atoms with Gasteiger partial charge < -0.3 is 5.32 Å². The van der Waals surface area contributed by atoms with Crippen LogP contribution in [-0.2, 0) is 12.8 Å². The number of benzene rings is 2. The summed E-state index contributed by atoms with van der Waals surface area (Å²) in [6.45, 7) is 5.19. The number of aryl methyl sites for hydroxylation is 1. The fourth-order valence-corrected chi connectivity index (χ4v) is 2.99. The first-order valence-electron chi connectivity index (χ1n) is 7.32. The van der Waals surface area contributed by atoms with E-state index < -0.39 is 0 Å². The SMILES string of the molecule is CCNC(Cc1ccc(F)c(Br)c1)Cc1ccccc1C. The second kappa shape index (κ2) is 7.71. The first kappa shape index (κ1) is 16.2. The molecule has 0 spiro atoms. The van der Waals surface area contributed by atoms with Gasteiger partial charge in [0.1, 0.15) is 5.82 Å². The molecular weight excluding hydrogens is 329 g/mol. The summed E-state index contributed by atoms with van der Waals surface area (Å²) in [6, 6.07) is 14.1. The van der Waals surface area contributed by atoms with Crippen LogP contribution in [0, 0.1) is 12.7 Å². The zero-order chi connectivity index (χ0) is 15.2. The molecule has 0 aromatic heterocycles. The maximum Gasteiger partial charge on any atom is 0.137 e. The van der Waals surface area contributed by atoms with Gasteiger partial charge in [0, 0.05) is 6.04 Å². The van der Waals surface area contributed by atoms with Gasteiger partial charge in [0.25, 0.3) is 0 Å². The van der Waals surface area contributed by atoms with Crippen LogP contribution >= 0.6 is 15.9 Å². The van der Waals surface area contributed by atoms with Crippen molar-refractivity contribution in [1.29, 1.82) is 0 Å². The zero-order valence-electron chi connectivity index (χ0n) is 12.5. The largest absolute Gasteiger partial charge is 0.314 e. The fraction of sp³-hybridized carbons (Fsp3) is 0.333. The Morgan fingerprint density at radius 3 is 2.57 bits per heavy atom. The van der Waals surface area contributed by atoms with Crippen molar-refractivity contribution in [3.63, 3.8) is 0 Å². The van der Waals surface area contributed by atoms with E-state index in [9.17, 15) is 4.39 Å². The van der Waals surface area contributed by atoms with Crippen LogP contribution in [0.15, 0.2) is 46.9 Å². The third-order valence-corrected chi connectivity index (χ3v) is 4.29. The highest BCUT2D eigenvalue weighted by atomic mass is 79.9. The number of hydrogen-bond donors (Lipinski definition) is 1. The summed E-state index contributed by atoms with van der Waals surface area (Å²) < 4.78 is 13.9. The van der Waals surface area contributed by atoms with Gasteiger partial charge in [-0.2, -0.15) is 0 Å². The zero-order valence-corrected chi connectivity index (χ0v) is 14.1. The standard InChI is InChI=1S/C18H21BrFN/c1-3-21-16(12-15-7-5-4-6-13(15)2)10-14-8-9-18(20)17(19)11-14/h4-9,11,16,21H,3,10,12H2,1-2H3. The Balaban J connectivity index is 2.11. The van der Waals surface area contributed by atoms with Gasteiger partial charge in [-0.25, -0.2) is 4.39 Å². The number of rotatable bonds is 6. The van der Waals surface area contributed by atoms with Crippen molar-refractivity contribution in [2.45, 2.75) is 32.7 Å². The lowest BCUT2D eigenvalue weighted by Gasteiger charge is -2.19. The van der Waals surface area contributed by atoms with Crippen molar-refractivity contribution < 1.29 is 4.39 Å². The second-order valence-electron chi connectivity index (χ2n) is 5.34. The van der Waals surface area contributed by atoms with E-state index in [0.717, 1.165) is 24.9 Å². The van der Waals surface area contributed by atoms with Crippen molar-refractivity contribution in [3.8, 4) is 0 Å². The monoisotopic (exact) mass is 349 g/mol. The molecule has 1 nitrogen and oxygen atoms in total. The molecule has 2 aromatic rings. The Hall–Kier alpha value is -1.19. The highest BCUT2D eigenvalue weighted by Gasteiger charge is 2.12. The molecular formula is C18H21BrFN. The van der Waals surface area contributed by atoms with Gasteiger partial charge >= 0.3 is 0 Å². The average molecular weight is 350 g/mol. The number of likely N-dealkylation sites (N-methyl/N-ethyl adjacent to an activating group) is 1. The predicted octanol–water partition coefficient (Wildman–Crippen LogP) is 4.66. The third kappa shape index (κ3) is 4.65. The Kier molecular flexibility index (Phi) is 5.95. The summed E-state index contributed by atoms with van der Waals surface area (Å²) in [5.74, 6) is -0.211. The van der Waals surface area contributed by atoms with Crippen LogP contribution < -0.4 is 5.32 Å². The van der Waals surface area contributed by atoms with Crippen LogP contribution in [0.3, 0.4) is 0 Å². The molecule has 1 N–H and O–H groups in total. The Morgan fingerprint density at radius 2 is 1.90 bits per heavy atom. The molecule has 21 heavy (non-hydrogen) atoms. The molecule has 3 heteroatoms. The smallest absolute Gasteiger partial charge is 0.137 e. The first-order chi connectivity index (χ1) is 10.1. The Labute approximate surface area is 134 Å². The minimum Gasteiger partial charge on any atom is -0.314 e. The van der Waals surface area contributed by atoms with E-state index in [4.69, 9.17) is 0 Å². The van der Waals surface area contributed by atoms with Crippen molar-refractivity contribution in [2.24, 2.45) is 0 Å². The quantitative estimate of drug-likeness (QED) is 0.799. The minimum atomic E-state index is -0.211. The van der Waals surface area contributed by atoms with Crippen LogP contribution in [0.5, 0.6) is 0 Å². The Bertz CT molecular complexity index is 598. The second-order valence-corrected chi connectivity index (χ2v) is 6.19. The molecule has 0 saturated carbocycles. The van der Waals surface area contributed by atoms with E-state index in [2.05, 4.69) is 59.4 Å². The van der Waals surface area contributed by atoms with E-state index in [1.807, 2.05) is 12.1 Å². The van der Waals surface area contributed by atoms with Gasteiger partial charge in [-0.1, -0.05) is 37.3 Å². The minimum absolute atomic E-state index is 0.211. The van der Waals surface area contributed by atoms with E-state index in [-0.39, 0.29) is 5.82 Å². The summed E-state index contributed by atoms with van der Waals surface area (Å²) in [4.78, 5) is 0. The number of nitrogens with one attached hydrogen (secondary N) is 1. The van der Waals surface area contributed by atoms with E-state index in [1.165, 1.54) is 17.2 Å². The molecule has 0 saturated heterocycles. The topological polar surface area (TPSA) is 12.0 Å². The third-order valence-electron chi connectivity index (χ3n) is 3.69. The maximum absolute atomic E-state index is 13.3. The predicted molar refractivity (Wildman–Crippen MR) is 90.2 cm³/mol. The molecule has 0 aliphatic rings. The van der Waals surface area contributed by atoms with Crippen LogP contribution in [0.4, 0.5) is 4.39 Å². The van der Waals surface area contributed by atoms with Crippen LogP contribution in [0.1, 0.15) is 23.6 Å². The maximum atomic E-state index is 13.3. The molecule has 0 amide bonds. The molecule has 0 heterocycles. The fourth-order valence-electron chi connectivity index (χ4n) is 2.56. The molecule has 1 unspecified atom stereocenters.